The Balaban J connectivity index is 1.54. The summed E-state index contributed by atoms with van der Waals surface area (Å²) in [6.45, 7) is 3.15. The molecule has 25 heavy (non-hydrogen) atoms. The molecule has 0 spiro atoms. The lowest BCUT2D eigenvalue weighted by atomic mass is 9.82. The maximum absolute atomic E-state index is 12.3. The van der Waals surface area contributed by atoms with Crippen LogP contribution in [-0.2, 0) is 16.0 Å². The zero-order valence-corrected chi connectivity index (χ0v) is 16.9. The Bertz CT molecular complexity index is 617. The third-order valence-electron chi connectivity index (χ3n) is 6.03. The average Bonchev–Trinajstić information content (AvgIpc) is 2.59. The molecular formula is C20H29BrNO3+. The Morgan fingerprint density at radius 3 is 2.80 bits per heavy atom. The molecule has 2 fully saturated rings. The van der Waals surface area contributed by atoms with Gasteiger partial charge in [-0.15, -0.1) is 0 Å². The van der Waals surface area contributed by atoms with Crippen LogP contribution in [0.2, 0.25) is 0 Å². The number of hydrogen-bond donors (Lipinski definition) is 0. The molecule has 0 bridgehead atoms. The number of halogens is 1. The summed E-state index contributed by atoms with van der Waals surface area (Å²) in [6.07, 6.45) is 6.70. The minimum Gasteiger partial charge on any atom is -0.496 e. The normalized spacial score (nSPS) is 28.9. The number of nitrogens with zero attached hydrogens (tertiary/aromatic N) is 1. The molecule has 0 saturated carbocycles. The number of carbonyl (C=O) groups excluding carboxylic acids is 1. The van der Waals surface area contributed by atoms with Gasteiger partial charge < -0.3 is 14.0 Å². The van der Waals surface area contributed by atoms with Crippen molar-refractivity contribution in [2.75, 3.05) is 33.9 Å². The van der Waals surface area contributed by atoms with Crippen LogP contribution >= 0.6 is 15.9 Å². The molecule has 3 rings (SSSR count). The zero-order valence-electron chi connectivity index (χ0n) is 15.3. The highest BCUT2D eigenvalue weighted by molar-refractivity contribution is 9.10. The average molecular weight is 411 g/mol. The van der Waals surface area contributed by atoms with E-state index in [1.807, 2.05) is 18.2 Å². The van der Waals surface area contributed by atoms with Crippen LogP contribution < -0.4 is 4.74 Å². The minimum absolute atomic E-state index is 0.132. The summed E-state index contributed by atoms with van der Waals surface area (Å²) in [7, 11) is 4.03. The van der Waals surface area contributed by atoms with Gasteiger partial charge in [-0.2, -0.15) is 0 Å². The number of carbonyl (C=O) groups is 1. The van der Waals surface area contributed by atoms with Crippen LogP contribution in [0.4, 0.5) is 0 Å². The highest BCUT2D eigenvalue weighted by Crippen LogP contribution is 2.36. The van der Waals surface area contributed by atoms with Crippen LogP contribution in [0.25, 0.3) is 0 Å². The Kier molecular flexibility index (Phi) is 6.05. The first kappa shape index (κ1) is 18.7. The first-order valence-corrected chi connectivity index (χ1v) is 10.1. The number of hydrogen-bond acceptors (Lipinski definition) is 3. The molecule has 2 heterocycles. The van der Waals surface area contributed by atoms with Crippen LogP contribution in [0, 0.1) is 5.92 Å². The minimum atomic E-state index is -0.132. The smallest absolute Gasteiger partial charge is 0.310 e. The lowest BCUT2D eigenvalue weighted by molar-refractivity contribution is -0.947. The quantitative estimate of drug-likeness (QED) is 0.544. The van der Waals surface area contributed by atoms with Gasteiger partial charge in [-0.25, -0.2) is 0 Å². The van der Waals surface area contributed by atoms with Crippen LogP contribution in [0.5, 0.6) is 5.75 Å². The largest absolute Gasteiger partial charge is 0.496 e. The van der Waals surface area contributed by atoms with E-state index in [4.69, 9.17) is 9.47 Å². The number of benzene rings is 1. The van der Waals surface area contributed by atoms with Gasteiger partial charge in [0.15, 0.2) is 0 Å². The summed E-state index contributed by atoms with van der Waals surface area (Å²) < 4.78 is 13.0. The molecular weight excluding hydrogens is 382 g/mol. The molecule has 0 aromatic heterocycles. The fraction of sp³-hybridized carbons (Fsp3) is 0.650. The highest BCUT2D eigenvalue weighted by Gasteiger charge is 2.43. The standard InChI is InChI=1S/C20H29BrNO3/c1-22-10-4-3-7-18(22)16(6-5-11-22)14-25-20(23)13-15-8-9-19(24-2)17(21)12-15/h8-9,12,16,18H,3-7,10-11,13-14H2,1-2H3/q+1/t16-,18+,22-/m1/s1. The first-order valence-electron chi connectivity index (χ1n) is 9.34. The van der Waals surface area contributed by atoms with Crippen molar-refractivity contribution in [1.29, 1.82) is 0 Å². The SMILES string of the molecule is COc1ccc(CC(=O)OC[C@H]2CCC[N@@+]3(C)CCCC[C@@H]23)cc1Br. The van der Waals surface area contributed by atoms with Crippen molar-refractivity contribution in [3.8, 4) is 5.75 Å². The van der Waals surface area contributed by atoms with E-state index in [-0.39, 0.29) is 5.97 Å². The third kappa shape index (κ3) is 4.37. The van der Waals surface area contributed by atoms with Gasteiger partial charge in [0.2, 0.25) is 0 Å². The second-order valence-electron chi connectivity index (χ2n) is 7.72. The van der Waals surface area contributed by atoms with Gasteiger partial charge in [0.05, 0.1) is 50.8 Å². The zero-order chi connectivity index (χ0) is 17.9. The summed E-state index contributed by atoms with van der Waals surface area (Å²) in [5.41, 5.74) is 0.944. The van der Waals surface area contributed by atoms with Gasteiger partial charge in [-0.3, -0.25) is 4.79 Å². The van der Waals surface area contributed by atoms with Crippen LogP contribution in [-0.4, -0.2) is 50.3 Å². The summed E-state index contributed by atoms with van der Waals surface area (Å²) >= 11 is 3.46. The van der Waals surface area contributed by atoms with Crippen molar-refractivity contribution in [2.24, 2.45) is 5.92 Å². The van der Waals surface area contributed by atoms with Crippen molar-refractivity contribution < 1.29 is 18.8 Å². The van der Waals surface area contributed by atoms with E-state index >= 15 is 0 Å². The maximum Gasteiger partial charge on any atom is 0.310 e. The van der Waals surface area contributed by atoms with Gasteiger partial charge in [0.1, 0.15) is 5.75 Å². The molecule has 5 heteroatoms. The van der Waals surface area contributed by atoms with Gasteiger partial charge >= 0.3 is 5.97 Å². The van der Waals surface area contributed by atoms with Gasteiger partial charge in [0, 0.05) is 12.3 Å². The van der Waals surface area contributed by atoms with E-state index in [2.05, 4.69) is 23.0 Å². The predicted molar refractivity (Wildman–Crippen MR) is 102 cm³/mol. The molecule has 4 nitrogen and oxygen atoms in total. The highest BCUT2D eigenvalue weighted by atomic mass is 79.9. The summed E-state index contributed by atoms with van der Waals surface area (Å²) in [5.74, 6) is 1.16. The molecule has 1 aromatic rings. The topological polar surface area (TPSA) is 35.5 Å². The van der Waals surface area contributed by atoms with Crippen LogP contribution in [0.1, 0.15) is 37.7 Å². The van der Waals surface area contributed by atoms with Crippen molar-refractivity contribution in [3.63, 3.8) is 0 Å². The molecule has 2 saturated heterocycles. The number of ether oxygens (including phenoxy) is 2. The fourth-order valence-electron chi connectivity index (χ4n) is 4.67. The van der Waals surface area contributed by atoms with E-state index in [1.54, 1.807) is 7.11 Å². The molecule has 138 valence electrons. The molecule has 0 radical (unpaired) electrons. The Hall–Kier alpha value is -1.07. The number of fused-ring (bicyclic) bond motifs is 1. The number of rotatable bonds is 5. The molecule has 0 unspecified atom stereocenters. The lowest BCUT2D eigenvalue weighted by Crippen LogP contribution is -2.61. The molecule has 0 aliphatic carbocycles. The second-order valence-corrected chi connectivity index (χ2v) is 8.58. The van der Waals surface area contributed by atoms with Gasteiger partial charge in [-0.1, -0.05) is 6.07 Å². The van der Waals surface area contributed by atoms with E-state index in [0.717, 1.165) is 15.8 Å². The van der Waals surface area contributed by atoms with Crippen molar-refractivity contribution in [1.82, 2.24) is 0 Å². The number of methoxy groups -OCH3 is 1. The van der Waals surface area contributed by atoms with Crippen LogP contribution in [0.3, 0.4) is 0 Å². The molecule has 3 atom stereocenters. The molecule has 1 aromatic carbocycles. The van der Waals surface area contributed by atoms with E-state index in [0.29, 0.717) is 25.0 Å². The number of quaternary nitrogens is 1. The van der Waals surface area contributed by atoms with E-state index < -0.39 is 0 Å². The molecule has 0 amide bonds. The summed E-state index contributed by atoms with van der Waals surface area (Å²) in [6, 6.07) is 6.39. The summed E-state index contributed by atoms with van der Waals surface area (Å²) in [5, 5.41) is 0. The van der Waals surface area contributed by atoms with Crippen molar-refractivity contribution in [2.45, 2.75) is 44.6 Å². The monoisotopic (exact) mass is 410 g/mol. The Morgan fingerprint density at radius 2 is 2.04 bits per heavy atom. The van der Waals surface area contributed by atoms with Gasteiger partial charge in [-0.05, 0) is 59.3 Å². The molecule has 0 N–H and O–H groups in total. The lowest BCUT2D eigenvalue weighted by Gasteiger charge is -2.51. The third-order valence-corrected chi connectivity index (χ3v) is 6.65. The van der Waals surface area contributed by atoms with Gasteiger partial charge in [0.25, 0.3) is 0 Å². The predicted octanol–water partition coefficient (Wildman–Crippen LogP) is 3.95. The number of esters is 1. The van der Waals surface area contributed by atoms with E-state index in [9.17, 15) is 4.79 Å². The molecule has 2 aliphatic heterocycles. The van der Waals surface area contributed by atoms with Crippen molar-refractivity contribution in [3.05, 3.63) is 28.2 Å². The Labute approximate surface area is 159 Å². The van der Waals surface area contributed by atoms with Crippen LogP contribution in [0.15, 0.2) is 22.7 Å². The first-order chi connectivity index (χ1) is 12.0. The molecule has 2 aliphatic rings. The number of piperidine rings is 2. The maximum atomic E-state index is 12.3. The summed E-state index contributed by atoms with van der Waals surface area (Å²) in [4.78, 5) is 12.3. The fourth-order valence-corrected chi connectivity index (χ4v) is 5.25. The van der Waals surface area contributed by atoms with Crippen molar-refractivity contribution >= 4 is 21.9 Å². The Morgan fingerprint density at radius 1 is 1.24 bits per heavy atom. The second kappa shape index (κ2) is 8.09. The van der Waals surface area contributed by atoms with E-state index in [1.165, 1.54) is 49.7 Å².